The molecule has 0 rings (SSSR count). The maximum Gasteiger partial charge on any atom is 0.0456 e. The summed E-state index contributed by atoms with van der Waals surface area (Å²) in [5, 5.41) is 8.33. The molecule has 0 aromatic heterocycles. The minimum Gasteiger partial charge on any atom is -0.396 e. The monoisotopic (exact) mass is 355 g/mol. The summed E-state index contributed by atoms with van der Waals surface area (Å²) in [7, 11) is 0. The van der Waals surface area contributed by atoms with Crippen molar-refractivity contribution in [3.05, 3.63) is 0 Å². The minimum absolute atomic E-state index is 0. The molecule has 0 amide bonds. The fourth-order valence-electron chi connectivity index (χ4n) is 0.129. The fourth-order valence-corrected chi connectivity index (χ4v) is 0.129. The average molecular weight is 355 g/mol. The third kappa shape index (κ3) is 4.96. The van der Waals surface area contributed by atoms with Crippen LogP contribution in [0.25, 0.3) is 0 Å². The molecule has 0 heterocycles. The van der Waals surface area contributed by atoms with Crippen molar-refractivity contribution in [3.8, 4) is 0 Å². The van der Waals surface area contributed by atoms with Gasteiger partial charge in [0, 0.05) is 6.61 Å². The van der Waals surface area contributed by atoms with Gasteiger partial charge in [-0.1, -0.05) is 20.3 Å². The van der Waals surface area contributed by atoms with Crippen LogP contribution in [0.1, 0.15) is 20.3 Å². The first-order chi connectivity index (χ1) is 2.81. The molecule has 40 valence electrons. The van der Waals surface area contributed by atoms with Crippen LogP contribution < -0.4 is 0 Å². The van der Waals surface area contributed by atoms with Crippen LogP contribution in [0.5, 0.6) is 0 Å². The van der Waals surface area contributed by atoms with Gasteiger partial charge in [0.15, 0.2) is 0 Å². The first-order valence-electron chi connectivity index (χ1n) is 2.42. The molecular weight excluding hydrogens is 343 g/mol. The molecule has 0 saturated carbocycles. The minimum atomic E-state index is 0. The number of hydrogen-bond acceptors (Lipinski definition) is 1. The van der Waals surface area contributed by atoms with Crippen LogP contribution in [-0.2, 0) is 0 Å². The van der Waals surface area contributed by atoms with Crippen LogP contribution >= 0.6 is 0 Å². The number of aliphatic hydroxyl groups excluding tert-OH is 1. The normalized spacial score (nSPS) is 12.4. The zero-order valence-electron chi connectivity index (χ0n) is 5.15. The van der Waals surface area contributed by atoms with Gasteiger partial charge in [0.1, 0.15) is 0 Å². The molecule has 1 N–H and O–H groups in total. The smallest absolute Gasteiger partial charge is 0.0456 e. The molecule has 0 bridgehead atoms. The standard InChI is InChI=1S/C5H12O.Rf/c1-3-5(2)4-6;/h5-6H,3-4H2,1-2H3;. The fraction of sp³-hybridized carbons (Fsp3) is 1.00. The summed E-state index contributed by atoms with van der Waals surface area (Å²) >= 11 is 0. The van der Waals surface area contributed by atoms with E-state index in [4.69, 9.17) is 5.11 Å². The Morgan fingerprint density at radius 3 is 2.00 bits per heavy atom. The SMILES string of the molecule is CCC(C)CO.[Rf]. The molecule has 0 aliphatic carbocycles. The topological polar surface area (TPSA) is 20.2 Å². The van der Waals surface area contributed by atoms with E-state index < -0.39 is 0 Å². The second kappa shape index (κ2) is 4.96. The molecule has 0 fully saturated rings. The molecule has 1 unspecified atom stereocenters. The van der Waals surface area contributed by atoms with Gasteiger partial charge in [-0.3, -0.25) is 0 Å². The predicted molar refractivity (Wildman–Crippen MR) is 26.5 cm³/mol. The van der Waals surface area contributed by atoms with Gasteiger partial charge in [-0.2, -0.15) is 0 Å². The zero-order valence-corrected chi connectivity index (χ0v) is 11.5. The Bertz CT molecular complexity index is 27.3. The molecule has 2 heteroatoms. The van der Waals surface area contributed by atoms with Crippen LogP contribution in [0.15, 0.2) is 0 Å². The third-order valence-corrected chi connectivity index (χ3v) is 1.01. The van der Waals surface area contributed by atoms with Crippen molar-refractivity contribution >= 4 is 0 Å². The van der Waals surface area contributed by atoms with Gasteiger partial charge in [0.2, 0.25) is 0 Å². The molecule has 0 saturated heterocycles. The van der Waals surface area contributed by atoms with Crippen LogP contribution in [0.2, 0.25) is 0 Å². The van der Waals surface area contributed by atoms with Gasteiger partial charge < -0.3 is 5.11 Å². The maximum absolute atomic E-state index is 8.33. The Hall–Kier alpha value is -1.04. The summed E-state index contributed by atoms with van der Waals surface area (Å²) in [6.07, 6.45) is 1.08. The Morgan fingerprint density at radius 1 is 1.57 bits per heavy atom. The van der Waals surface area contributed by atoms with Gasteiger partial charge in [-0.05, 0) is 5.92 Å². The molecular formula is C5H12ORf. The quantitative estimate of drug-likeness (QED) is 0.785. The molecule has 0 aliphatic rings. The summed E-state index contributed by atoms with van der Waals surface area (Å²) in [4.78, 5) is 0. The summed E-state index contributed by atoms with van der Waals surface area (Å²) in [6.45, 7) is 4.43. The van der Waals surface area contributed by atoms with E-state index in [0.29, 0.717) is 12.5 Å². The van der Waals surface area contributed by atoms with Crippen LogP contribution in [-0.4, -0.2) is 11.7 Å². The molecule has 1 atom stereocenters. The van der Waals surface area contributed by atoms with Gasteiger partial charge in [-0.15, -0.1) is 0 Å². The van der Waals surface area contributed by atoms with Crippen LogP contribution in [0, 0.1) is 5.92 Å². The van der Waals surface area contributed by atoms with E-state index >= 15 is 0 Å². The van der Waals surface area contributed by atoms with Gasteiger partial charge in [0.25, 0.3) is 0 Å². The van der Waals surface area contributed by atoms with Crippen molar-refractivity contribution in [2.45, 2.75) is 20.3 Å². The van der Waals surface area contributed by atoms with Crippen molar-refractivity contribution in [1.29, 1.82) is 0 Å². The molecule has 0 aromatic rings. The molecule has 1 nitrogen and oxygen atoms in total. The van der Waals surface area contributed by atoms with E-state index in [-0.39, 0.29) is 0 Å². The van der Waals surface area contributed by atoms with E-state index in [1.807, 2.05) is 6.92 Å². The molecule has 0 spiro atoms. The van der Waals surface area contributed by atoms with Gasteiger partial charge >= 0.3 is 0 Å². The first kappa shape index (κ1) is 9.35. The average Bonchev–Trinajstić information content (AvgIpc) is 1.65. The summed E-state index contributed by atoms with van der Waals surface area (Å²) in [5.74, 6) is 0.491. The van der Waals surface area contributed by atoms with Crippen LogP contribution in [0.3, 0.4) is 0 Å². The second-order valence-corrected chi connectivity index (χ2v) is 1.70. The van der Waals surface area contributed by atoms with Crippen molar-refractivity contribution in [3.63, 3.8) is 0 Å². The predicted octanol–water partition coefficient (Wildman–Crippen LogP) is 1.02. The Labute approximate surface area is 39.0 Å². The summed E-state index contributed by atoms with van der Waals surface area (Å²) in [6, 6.07) is 0. The van der Waals surface area contributed by atoms with Crippen molar-refractivity contribution in [2.24, 2.45) is 5.92 Å². The number of aliphatic hydroxyl groups is 1. The molecule has 0 aliphatic heterocycles. The second-order valence-electron chi connectivity index (χ2n) is 1.70. The van der Waals surface area contributed by atoms with Crippen molar-refractivity contribution in [2.75, 3.05) is 6.61 Å². The molecule has 0 aromatic carbocycles. The summed E-state index contributed by atoms with van der Waals surface area (Å²) < 4.78 is 0. The molecule has 0 radical (unpaired) electrons. The van der Waals surface area contributed by atoms with E-state index in [1.54, 1.807) is 0 Å². The van der Waals surface area contributed by atoms with E-state index in [2.05, 4.69) is 6.92 Å². The number of hydrogen-bond donors (Lipinski definition) is 1. The summed E-state index contributed by atoms with van der Waals surface area (Å²) in [5.41, 5.74) is 0. The van der Waals surface area contributed by atoms with E-state index in [0.717, 1.165) is 6.42 Å². The zero-order chi connectivity index (χ0) is 4.99. The first-order valence-corrected chi connectivity index (χ1v) is 2.42. The third-order valence-electron chi connectivity index (χ3n) is 1.01. The molecule has 7 heavy (non-hydrogen) atoms. The Kier molecular flexibility index (Phi) is 6.63. The Morgan fingerprint density at radius 2 is 2.00 bits per heavy atom. The van der Waals surface area contributed by atoms with Crippen molar-refractivity contribution < 1.29 is 5.11 Å². The van der Waals surface area contributed by atoms with E-state index in [9.17, 15) is 0 Å². The van der Waals surface area contributed by atoms with Crippen LogP contribution in [0.4, 0.5) is 0 Å². The van der Waals surface area contributed by atoms with E-state index in [1.165, 1.54) is 0 Å². The van der Waals surface area contributed by atoms with Gasteiger partial charge in [0.05, 0.1) is 0 Å². The Balaban J connectivity index is 0. The van der Waals surface area contributed by atoms with Gasteiger partial charge in [-0.25, -0.2) is 0 Å². The van der Waals surface area contributed by atoms with Crippen molar-refractivity contribution in [1.82, 2.24) is 0 Å². The maximum atomic E-state index is 8.33. The number of rotatable bonds is 2. The largest absolute Gasteiger partial charge is 0.396 e.